The maximum absolute atomic E-state index is 11.7. The summed E-state index contributed by atoms with van der Waals surface area (Å²) in [4.78, 5) is 14.3. The Kier molecular flexibility index (Phi) is 4.94. The van der Waals surface area contributed by atoms with Gasteiger partial charge in [0.1, 0.15) is 0 Å². The van der Waals surface area contributed by atoms with Gasteiger partial charge in [0.15, 0.2) is 0 Å². The van der Waals surface area contributed by atoms with E-state index in [2.05, 4.69) is 11.0 Å². The normalized spacial score (nSPS) is 24.0. The van der Waals surface area contributed by atoms with Crippen LogP contribution in [0.5, 0.6) is 0 Å². The largest absolute Gasteiger partial charge is 0.462 e. The first-order chi connectivity index (χ1) is 10.8. The summed E-state index contributed by atoms with van der Waals surface area (Å²) in [5.41, 5.74) is 3.39. The first-order valence-electron chi connectivity index (χ1n) is 8.49. The number of hydrogen-bond donors (Lipinski definition) is 0. The number of carbonyl (C=O) groups is 1. The maximum Gasteiger partial charge on any atom is 0.338 e. The van der Waals surface area contributed by atoms with Gasteiger partial charge in [0.2, 0.25) is 0 Å². The van der Waals surface area contributed by atoms with Crippen LogP contribution in [0.4, 0.5) is 0 Å². The number of benzene rings is 1. The number of carbonyl (C=O) groups excluding carboxylic acids is 1. The minimum Gasteiger partial charge on any atom is -0.462 e. The van der Waals surface area contributed by atoms with E-state index < -0.39 is 0 Å². The zero-order valence-corrected chi connectivity index (χ0v) is 13.4. The molecule has 3 rings (SSSR count). The van der Waals surface area contributed by atoms with Gasteiger partial charge < -0.3 is 4.74 Å². The van der Waals surface area contributed by atoms with Gasteiger partial charge in [-0.05, 0) is 63.4 Å². The van der Waals surface area contributed by atoms with Gasteiger partial charge in [-0.1, -0.05) is 30.2 Å². The Morgan fingerprint density at radius 2 is 2.00 bits per heavy atom. The molecule has 1 aliphatic carbocycles. The molecule has 3 heteroatoms. The number of likely N-dealkylation sites (tertiary alicyclic amines) is 1. The third-order valence-corrected chi connectivity index (χ3v) is 4.73. The van der Waals surface area contributed by atoms with Crippen LogP contribution in [0.1, 0.15) is 54.9 Å². The van der Waals surface area contributed by atoms with Crippen LogP contribution in [0.2, 0.25) is 0 Å². The Hall–Kier alpha value is -1.61. The summed E-state index contributed by atoms with van der Waals surface area (Å²) in [6.45, 7) is 4.76. The molecular formula is C19H25NO2. The maximum atomic E-state index is 11.7. The smallest absolute Gasteiger partial charge is 0.338 e. The van der Waals surface area contributed by atoms with Crippen molar-refractivity contribution in [3.05, 3.63) is 41.0 Å². The number of esters is 1. The summed E-state index contributed by atoms with van der Waals surface area (Å²) in [5.74, 6) is -0.238. The van der Waals surface area contributed by atoms with Crippen LogP contribution in [0.15, 0.2) is 29.8 Å². The predicted octanol–water partition coefficient (Wildman–Crippen LogP) is 3.90. The van der Waals surface area contributed by atoms with Gasteiger partial charge in [0, 0.05) is 6.04 Å². The standard InChI is InChI=1S/C19H25NO2/c1-2-22-19(21)16-10-8-15(9-11-16)14-17-6-3-4-7-18(17)20-12-5-13-20/h8-11,14,18H,2-7,12-13H2,1H3. The van der Waals surface area contributed by atoms with Crippen LogP contribution in [0.25, 0.3) is 6.08 Å². The second-order valence-corrected chi connectivity index (χ2v) is 6.21. The van der Waals surface area contributed by atoms with Gasteiger partial charge in [-0.15, -0.1) is 0 Å². The molecule has 2 aliphatic rings. The molecule has 1 aromatic carbocycles. The molecule has 0 spiro atoms. The molecule has 0 aromatic heterocycles. The average Bonchev–Trinajstić information content (AvgIpc) is 2.48. The third kappa shape index (κ3) is 3.41. The van der Waals surface area contributed by atoms with E-state index in [0.29, 0.717) is 18.2 Å². The molecule has 1 saturated carbocycles. The fourth-order valence-corrected chi connectivity index (χ4v) is 3.40. The van der Waals surface area contributed by atoms with E-state index in [1.54, 1.807) is 5.57 Å². The fraction of sp³-hybridized carbons (Fsp3) is 0.526. The van der Waals surface area contributed by atoms with Crippen LogP contribution in [-0.4, -0.2) is 36.6 Å². The summed E-state index contributed by atoms with van der Waals surface area (Å²) < 4.78 is 5.03. The molecule has 2 fully saturated rings. The van der Waals surface area contributed by atoms with Crippen molar-refractivity contribution in [1.29, 1.82) is 0 Å². The van der Waals surface area contributed by atoms with Crippen molar-refractivity contribution >= 4 is 12.0 Å². The minimum absolute atomic E-state index is 0.238. The fourth-order valence-electron chi connectivity index (χ4n) is 3.40. The van der Waals surface area contributed by atoms with Crippen LogP contribution in [-0.2, 0) is 4.74 Å². The second kappa shape index (κ2) is 7.10. The lowest BCUT2D eigenvalue weighted by Crippen LogP contribution is -2.46. The zero-order valence-electron chi connectivity index (χ0n) is 13.4. The Morgan fingerprint density at radius 3 is 2.64 bits per heavy atom. The summed E-state index contributed by atoms with van der Waals surface area (Å²) in [6, 6.07) is 8.44. The molecule has 1 aliphatic heterocycles. The van der Waals surface area contributed by atoms with E-state index in [4.69, 9.17) is 4.74 Å². The molecule has 1 saturated heterocycles. The average molecular weight is 299 g/mol. The SMILES string of the molecule is CCOC(=O)c1ccc(C=C2CCCCC2N2CCC2)cc1. The molecule has 0 N–H and O–H groups in total. The Bertz CT molecular complexity index is 543. The topological polar surface area (TPSA) is 29.5 Å². The molecule has 0 amide bonds. The first kappa shape index (κ1) is 15.3. The van der Waals surface area contributed by atoms with Crippen molar-refractivity contribution in [2.45, 2.75) is 45.1 Å². The second-order valence-electron chi connectivity index (χ2n) is 6.21. The monoisotopic (exact) mass is 299 g/mol. The lowest BCUT2D eigenvalue weighted by atomic mass is 9.86. The minimum atomic E-state index is -0.238. The van der Waals surface area contributed by atoms with Crippen molar-refractivity contribution in [2.75, 3.05) is 19.7 Å². The van der Waals surface area contributed by atoms with Crippen LogP contribution in [0, 0.1) is 0 Å². The lowest BCUT2D eigenvalue weighted by molar-refractivity contribution is 0.0526. The van der Waals surface area contributed by atoms with Gasteiger partial charge >= 0.3 is 5.97 Å². The van der Waals surface area contributed by atoms with Crippen molar-refractivity contribution < 1.29 is 9.53 Å². The molecule has 1 heterocycles. The number of nitrogens with zero attached hydrogens (tertiary/aromatic N) is 1. The molecule has 1 aromatic rings. The van der Waals surface area contributed by atoms with Gasteiger partial charge in [-0.2, -0.15) is 0 Å². The van der Waals surface area contributed by atoms with Gasteiger partial charge in [-0.25, -0.2) is 4.79 Å². The quantitative estimate of drug-likeness (QED) is 0.790. The van der Waals surface area contributed by atoms with Crippen LogP contribution < -0.4 is 0 Å². The lowest BCUT2D eigenvalue weighted by Gasteiger charge is -2.42. The summed E-state index contributed by atoms with van der Waals surface area (Å²) in [6.07, 6.45) is 8.83. The number of hydrogen-bond acceptors (Lipinski definition) is 3. The van der Waals surface area contributed by atoms with E-state index >= 15 is 0 Å². The number of ether oxygens (including phenoxy) is 1. The predicted molar refractivity (Wildman–Crippen MR) is 88.8 cm³/mol. The van der Waals surface area contributed by atoms with Crippen LogP contribution >= 0.6 is 0 Å². The first-order valence-corrected chi connectivity index (χ1v) is 8.49. The summed E-state index contributed by atoms with van der Waals surface area (Å²) >= 11 is 0. The van der Waals surface area contributed by atoms with E-state index in [9.17, 15) is 4.79 Å². The molecule has 118 valence electrons. The molecule has 22 heavy (non-hydrogen) atoms. The van der Waals surface area contributed by atoms with Gasteiger partial charge in [0.25, 0.3) is 0 Å². The summed E-state index contributed by atoms with van der Waals surface area (Å²) in [7, 11) is 0. The molecule has 3 nitrogen and oxygen atoms in total. The Morgan fingerprint density at radius 1 is 1.23 bits per heavy atom. The van der Waals surface area contributed by atoms with Crippen molar-refractivity contribution in [1.82, 2.24) is 4.90 Å². The zero-order chi connectivity index (χ0) is 15.4. The van der Waals surface area contributed by atoms with Gasteiger partial charge in [0.05, 0.1) is 12.2 Å². The molecule has 0 radical (unpaired) electrons. The molecular weight excluding hydrogens is 274 g/mol. The van der Waals surface area contributed by atoms with Crippen LogP contribution in [0.3, 0.4) is 0 Å². The van der Waals surface area contributed by atoms with Gasteiger partial charge in [-0.3, -0.25) is 4.90 Å². The Labute approximate surface area is 133 Å². The number of rotatable bonds is 4. The highest BCUT2D eigenvalue weighted by Crippen LogP contribution is 2.31. The highest BCUT2D eigenvalue weighted by molar-refractivity contribution is 5.89. The molecule has 1 unspecified atom stereocenters. The highest BCUT2D eigenvalue weighted by atomic mass is 16.5. The van der Waals surface area contributed by atoms with E-state index in [0.717, 1.165) is 0 Å². The molecule has 0 bridgehead atoms. The highest BCUT2D eigenvalue weighted by Gasteiger charge is 2.28. The van der Waals surface area contributed by atoms with Crippen molar-refractivity contribution in [3.63, 3.8) is 0 Å². The summed E-state index contributed by atoms with van der Waals surface area (Å²) in [5, 5.41) is 0. The van der Waals surface area contributed by atoms with E-state index in [-0.39, 0.29) is 5.97 Å². The third-order valence-electron chi connectivity index (χ3n) is 4.73. The Balaban J connectivity index is 1.73. The van der Waals surface area contributed by atoms with E-state index in [1.807, 2.05) is 31.2 Å². The van der Waals surface area contributed by atoms with Crippen molar-refractivity contribution in [3.8, 4) is 0 Å². The van der Waals surface area contributed by atoms with E-state index in [1.165, 1.54) is 50.8 Å². The molecule has 1 atom stereocenters. The van der Waals surface area contributed by atoms with Crippen molar-refractivity contribution in [2.24, 2.45) is 0 Å².